The number of halogens is 1. The molecule has 0 spiro atoms. The molecule has 1 saturated heterocycles. The van der Waals surface area contributed by atoms with E-state index in [-0.39, 0.29) is 30.1 Å². The van der Waals surface area contributed by atoms with Crippen LogP contribution in [0.4, 0.5) is 0 Å². The number of morpholine rings is 1. The van der Waals surface area contributed by atoms with Crippen LogP contribution in [0.5, 0.6) is 5.75 Å². The number of guanidine groups is 1. The first kappa shape index (κ1) is 26.4. The third-order valence-electron chi connectivity index (χ3n) is 5.12. The molecule has 6 nitrogen and oxygen atoms in total. The summed E-state index contributed by atoms with van der Waals surface area (Å²) in [7, 11) is 0. The predicted molar refractivity (Wildman–Crippen MR) is 142 cm³/mol. The molecule has 0 radical (unpaired) electrons. The SMILES string of the molecule is CCNC(=NCc1ccc(OC(C)C)cc1)NCc1ccccc1CN1CCOCC1.I. The molecule has 32 heavy (non-hydrogen) atoms. The Balaban J connectivity index is 0.00000363. The van der Waals surface area contributed by atoms with E-state index in [1.54, 1.807) is 0 Å². The van der Waals surface area contributed by atoms with Crippen LogP contribution in [0.2, 0.25) is 0 Å². The molecular formula is C25H37IN4O2. The molecule has 0 unspecified atom stereocenters. The summed E-state index contributed by atoms with van der Waals surface area (Å²) in [6, 6.07) is 16.8. The van der Waals surface area contributed by atoms with Crippen molar-refractivity contribution in [1.82, 2.24) is 15.5 Å². The Hall–Kier alpha value is -1.84. The number of hydrogen-bond acceptors (Lipinski definition) is 4. The third kappa shape index (κ3) is 8.96. The van der Waals surface area contributed by atoms with E-state index < -0.39 is 0 Å². The molecule has 1 aliphatic heterocycles. The van der Waals surface area contributed by atoms with Crippen LogP contribution in [-0.4, -0.2) is 49.8 Å². The van der Waals surface area contributed by atoms with Gasteiger partial charge in [-0.25, -0.2) is 4.99 Å². The van der Waals surface area contributed by atoms with Gasteiger partial charge in [0.25, 0.3) is 0 Å². The second-order valence-corrected chi connectivity index (χ2v) is 8.02. The van der Waals surface area contributed by atoms with Crippen LogP contribution in [0.25, 0.3) is 0 Å². The Morgan fingerprint density at radius 1 is 1.03 bits per heavy atom. The molecule has 1 heterocycles. The minimum absolute atomic E-state index is 0. The van der Waals surface area contributed by atoms with Crippen LogP contribution >= 0.6 is 24.0 Å². The topological polar surface area (TPSA) is 58.1 Å². The van der Waals surface area contributed by atoms with Gasteiger partial charge < -0.3 is 20.1 Å². The van der Waals surface area contributed by atoms with Crippen LogP contribution in [-0.2, 0) is 24.4 Å². The van der Waals surface area contributed by atoms with Crippen molar-refractivity contribution in [3.63, 3.8) is 0 Å². The fraction of sp³-hybridized carbons (Fsp3) is 0.480. The maximum absolute atomic E-state index is 5.72. The lowest BCUT2D eigenvalue weighted by atomic mass is 10.1. The van der Waals surface area contributed by atoms with Gasteiger partial charge in [0.05, 0.1) is 25.9 Å². The summed E-state index contributed by atoms with van der Waals surface area (Å²) < 4.78 is 11.2. The summed E-state index contributed by atoms with van der Waals surface area (Å²) in [6.45, 7) is 12.9. The van der Waals surface area contributed by atoms with Crippen molar-refractivity contribution in [3.05, 3.63) is 65.2 Å². The van der Waals surface area contributed by atoms with E-state index in [1.165, 1.54) is 11.1 Å². The zero-order chi connectivity index (χ0) is 21.9. The van der Waals surface area contributed by atoms with Crippen molar-refractivity contribution in [2.24, 2.45) is 4.99 Å². The fourth-order valence-corrected chi connectivity index (χ4v) is 3.52. The summed E-state index contributed by atoms with van der Waals surface area (Å²) in [5.41, 5.74) is 3.81. The van der Waals surface area contributed by atoms with Crippen LogP contribution in [0.3, 0.4) is 0 Å². The zero-order valence-corrected chi connectivity index (χ0v) is 21.8. The van der Waals surface area contributed by atoms with Crippen molar-refractivity contribution in [2.75, 3.05) is 32.8 Å². The second-order valence-electron chi connectivity index (χ2n) is 8.02. The molecule has 0 aromatic heterocycles. The van der Waals surface area contributed by atoms with Gasteiger partial charge in [0.1, 0.15) is 5.75 Å². The third-order valence-corrected chi connectivity index (χ3v) is 5.12. The molecule has 7 heteroatoms. The number of ether oxygens (including phenoxy) is 2. The Bertz CT molecular complexity index is 821. The summed E-state index contributed by atoms with van der Waals surface area (Å²) in [5, 5.41) is 6.84. The predicted octanol–water partition coefficient (Wildman–Crippen LogP) is 4.18. The van der Waals surface area contributed by atoms with Gasteiger partial charge in [0.2, 0.25) is 0 Å². The molecule has 3 rings (SSSR count). The maximum atomic E-state index is 5.72. The lowest BCUT2D eigenvalue weighted by molar-refractivity contribution is 0.0341. The molecule has 2 aromatic carbocycles. The van der Waals surface area contributed by atoms with Gasteiger partial charge >= 0.3 is 0 Å². The minimum Gasteiger partial charge on any atom is -0.491 e. The van der Waals surface area contributed by atoms with E-state index in [4.69, 9.17) is 14.5 Å². The molecule has 1 fully saturated rings. The second kappa shape index (κ2) is 14.3. The highest BCUT2D eigenvalue weighted by atomic mass is 127. The number of hydrogen-bond donors (Lipinski definition) is 2. The Morgan fingerprint density at radius 2 is 1.72 bits per heavy atom. The monoisotopic (exact) mass is 552 g/mol. The van der Waals surface area contributed by atoms with Crippen LogP contribution in [0, 0.1) is 0 Å². The zero-order valence-electron chi connectivity index (χ0n) is 19.5. The Labute approximate surface area is 209 Å². The van der Waals surface area contributed by atoms with Gasteiger partial charge in [-0.2, -0.15) is 0 Å². The van der Waals surface area contributed by atoms with Crippen molar-refractivity contribution >= 4 is 29.9 Å². The van der Waals surface area contributed by atoms with E-state index in [2.05, 4.69) is 58.9 Å². The van der Waals surface area contributed by atoms with Crippen LogP contribution in [0.15, 0.2) is 53.5 Å². The Morgan fingerprint density at radius 3 is 2.38 bits per heavy atom. The van der Waals surface area contributed by atoms with Crippen molar-refractivity contribution in [2.45, 2.75) is 46.5 Å². The van der Waals surface area contributed by atoms with E-state index in [0.717, 1.165) is 63.2 Å². The van der Waals surface area contributed by atoms with Crippen molar-refractivity contribution < 1.29 is 9.47 Å². The van der Waals surface area contributed by atoms with E-state index in [9.17, 15) is 0 Å². The average molecular weight is 553 g/mol. The maximum Gasteiger partial charge on any atom is 0.191 e. The smallest absolute Gasteiger partial charge is 0.191 e. The highest BCUT2D eigenvalue weighted by molar-refractivity contribution is 14.0. The first-order chi connectivity index (χ1) is 15.1. The first-order valence-electron chi connectivity index (χ1n) is 11.3. The van der Waals surface area contributed by atoms with Gasteiger partial charge in [-0.3, -0.25) is 4.90 Å². The molecule has 0 aliphatic carbocycles. The summed E-state index contributed by atoms with van der Waals surface area (Å²) in [5.74, 6) is 1.72. The average Bonchev–Trinajstić information content (AvgIpc) is 2.78. The molecule has 1 aliphatic rings. The van der Waals surface area contributed by atoms with Crippen LogP contribution in [0.1, 0.15) is 37.5 Å². The number of benzene rings is 2. The largest absolute Gasteiger partial charge is 0.491 e. The van der Waals surface area contributed by atoms with Gasteiger partial charge in [0, 0.05) is 32.7 Å². The normalized spacial score (nSPS) is 14.7. The molecule has 0 amide bonds. The van der Waals surface area contributed by atoms with Gasteiger partial charge in [-0.15, -0.1) is 24.0 Å². The van der Waals surface area contributed by atoms with Crippen molar-refractivity contribution in [3.8, 4) is 5.75 Å². The molecule has 176 valence electrons. The quantitative estimate of drug-likeness (QED) is 0.278. The molecular weight excluding hydrogens is 515 g/mol. The van der Waals surface area contributed by atoms with E-state index in [1.807, 2.05) is 26.0 Å². The summed E-state index contributed by atoms with van der Waals surface area (Å²) in [6.07, 6.45) is 0.180. The molecule has 2 aromatic rings. The van der Waals surface area contributed by atoms with Gasteiger partial charge in [-0.05, 0) is 49.6 Å². The highest BCUT2D eigenvalue weighted by Crippen LogP contribution is 2.15. The number of nitrogens with one attached hydrogen (secondary N) is 2. The molecule has 0 bridgehead atoms. The number of rotatable bonds is 9. The van der Waals surface area contributed by atoms with Gasteiger partial charge in [-0.1, -0.05) is 36.4 Å². The summed E-state index contributed by atoms with van der Waals surface area (Å²) >= 11 is 0. The standard InChI is InChI=1S/C25H36N4O2.HI/c1-4-26-25(27-17-21-9-11-24(12-10-21)31-20(2)3)28-18-22-7-5-6-8-23(22)19-29-13-15-30-16-14-29;/h5-12,20H,4,13-19H2,1-3H3,(H2,26,27,28);1H. The lowest BCUT2D eigenvalue weighted by Gasteiger charge is -2.27. The fourth-order valence-electron chi connectivity index (χ4n) is 3.52. The van der Waals surface area contributed by atoms with E-state index in [0.29, 0.717) is 6.54 Å². The van der Waals surface area contributed by atoms with Crippen LogP contribution < -0.4 is 15.4 Å². The molecule has 0 saturated carbocycles. The highest BCUT2D eigenvalue weighted by Gasteiger charge is 2.12. The Kier molecular flexibility index (Phi) is 11.8. The molecule has 0 atom stereocenters. The summed E-state index contributed by atoms with van der Waals surface area (Å²) in [4.78, 5) is 7.21. The van der Waals surface area contributed by atoms with E-state index >= 15 is 0 Å². The number of nitrogens with zero attached hydrogens (tertiary/aromatic N) is 2. The molecule has 2 N–H and O–H groups in total. The first-order valence-corrected chi connectivity index (χ1v) is 11.3. The van der Waals surface area contributed by atoms with Gasteiger partial charge in [0.15, 0.2) is 5.96 Å². The number of aliphatic imine (C=N–C) groups is 1. The lowest BCUT2D eigenvalue weighted by Crippen LogP contribution is -2.38. The van der Waals surface area contributed by atoms with Crippen molar-refractivity contribution in [1.29, 1.82) is 0 Å². The minimum atomic E-state index is 0.